The van der Waals surface area contributed by atoms with Gasteiger partial charge >= 0.3 is 18.2 Å². The smallest absolute Gasteiger partial charge is 0.390 e. The third-order valence-corrected chi connectivity index (χ3v) is 2.84. The van der Waals surface area contributed by atoms with Crippen molar-refractivity contribution in [3.63, 3.8) is 0 Å². The van der Waals surface area contributed by atoms with Crippen LogP contribution in [0.15, 0.2) is 0 Å². The summed E-state index contributed by atoms with van der Waals surface area (Å²) in [5.41, 5.74) is 0. The Morgan fingerprint density at radius 2 is 1.90 bits per heavy atom. The Bertz CT molecular complexity index is 322. The summed E-state index contributed by atoms with van der Waals surface area (Å²) in [6.07, 6.45) is -4.15. The van der Waals surface area contributed by atoms with E-state index in [0.29, 0.717) is 19.4 Å². The minimum absolute atomic E-state index is 0.0700. The molecule has 0 aliphatic rings. The predicted octanol–water partition coefficient (Wildman–Crippen LogP) is 2.47. The zero-order valence-corrected chi connectivity index (χ0v) is 11.7. The molecule has 0 rings (SSSR count). The number of alkyl halides is 3. The highest BCUT2D eigenvalue weighted by Gasteiger charge is 2.27. The molecular weight excluding hydrogens is 277 g/mol. The minimum Gasteiger partial charge on any atom is -0.481 e. The minimum atomic E-state index is -4.28. The maximum Gasteiger partial charge on any atom is 0.390 e. The van der Waals surface area contributed by atoms with Crippen LogP contribution in [0.2, 0.25) is 0 Å². The molecule has 0 aliphatic heterocycles. The van der Waals surface area contributed by atoms with E-state index in [1.807, 2.05) is 6.92 Å². The number of carboxylic acid groups (broad SMARTS) is 1. The average Bonchev–Trinajstić information content (AvgIpc) is 2.32. The first-order chi connectivity index (χ1) is 9.11. The molecule has 0 bridgehead atoms. The van der Waals surface area contributed by atoms with Gasteiger partial charge in [-0.1, -0.05) is 6.92 Å². The normalized spacial score (nSPS) is 12.8. The SMILES string of the molecule is CC(CCNC(=O)N(C)CCC(F)(F)F)CCC(=O)O. The van der Waals surface area contributed by atoms with Crippen molar-refractivity contribution in [1.29, 1.82) is 0 Å². The van der Waals surface area contributed by atoms with E-state index in [4.69, 9.17) is 5.11 Å². The van der Waals surface area contributed by atoms with E-state index < -0.39 is 24.6 Å². The lowest BCUT2D eigenvalue weighted by Gasteiger charge is -2.19. The van der Waals surface area contributed by atoms with Crippen LogP contribution in [0.25, 0.3) is 0 Å². The molecule has 8 heteroatoms. The molecule has 2 N–H and O–H groups in total. The van der Waals surface area contributed by atoms with E-state index in [-0.39, 0.29) is 18.9 Å². The molecule has 0 spiro atoms. The zero-order chi connectivity index (χ0) is 15.8. The fourth-order valence-electron chi connectivity index (χ4n) is 1.47. The van der Waals surface area contributed by atoms with Gasteiger partial charge in [-0.25, -0.2) is 4.79 Å². The van der Waals surface area contributed by atoms with Crippen LogP contribution in [0.4, 0.5) is 18.0 Å². The molecule has 0 fully saturated rings. The maximum atomic E-state index is 12.0. The van der Waals surface area contributed by atoms with Gasteiger partial charge in [0.25, 0.3) is 0 Å². The van der Waals surface area contributed by atoms with E-state index >= 15 is 0 Å². The number of halogens is 3. The Morgan fingerprint density at radius 3 is 2.40 bits per heavy atom. The van der Waals surface area contributed by atoms with Gasteiger partial charge in [-0.3, -0.25) is 4.79 Å². The third kappa shape index (κ3) is 10.5. The van der Waals surface area contributed by atoms with Gasteiger partial charge in [0.2, 0.25) is 0 Å². The Labute approximate surface area is 116 Å². The van der Waals surface area contributed by atoms with Gasteiger partial charge < -0.3 is 15.3 Å². The van der Waals surface area contributed by atoms with Crippen molar-refractivity contribution >= 4 is 12.0 Å². The van der Waals surface area contributed by atoms with Crippen molar-refractivity contribution in [2.75, 3.05) is 20.1 Å². The summed E-state index contributed by atoms with van der Waals surface area (Å²) in [6, 6.07) is -0.556. The quantitative estimate of drug-likeness (QED) is 0.723. The molecule has 0 aromatic heterocycles. The fraction of sp³-hybridized carbons (Fsp3) is 0.833. The monoisotopic (exact) mass is 298 g/mol. The molecule has 2 amide bonds. The van der Waals surface area contributed by atoms with Crippen LogP contribution in [-0.2, 0) is 4.79 Å². The third-order valence-electron chi connectivity index (χ3n) is 2.84. The standard InChI is InChI=1S/C12H21F3N2O3/c1-9(3-4-10(18)19)5-7-16-11(20)17(2)8-6-12(13,14)15/h9H,3-8H2,1-2H3,(H,16,20)(H,18,19). The van der Waals surface area contributed by atoms with Gasteiger partial charge in [0.15, 0.2) is 0 Å². The maximum absolute atomic E-state index is 12.0. The molecule has 1 atom stereocenters. The van der Waals surface area contributed by atoms with Crippen LogP contribution >= 0.6 is 0 Å². The molecule has 0 heterocycles. The topological polar surface area (TPSA) is 69.6 Å². The van der Waals surface area contributed by atoms with Crippen LogP contribution < -0.4 is 5.32 Å². The summed E-state index contributed by atoms with van der Waals surface area (Å²) in [4.78, 5) is 22.8. The number of rotatable bonds is 8. The second-order valence-electron chi connectivity index (χ2n) is 4.84. The average molecular weight is 298 g/mol. The van der Waals surface area contributed by atoms with Crippen LogP contribution in [-0.4, -0.2) is 48.3 Å². The number of carboxylic acids is 1. The molecule has 20 heavy (non-hydrogen) atoms. The Kier molecular flexibility index (Phi) is 8.02. The molecule has 0 saturated heterocycles. The summed E-state index contributed by atoms with van der Waals surface area (Å²) in [7, 11) is 1.30. The fourth-order valence-corrected chi connectivity index (χ4v) is 1.47. The number of urea groups is 1. The molecule has 0 aliphatic carbocycles. The van der Waals surface area contributed by atoms with E-state index in [0.717, 1.165) is 4.90 Å². The van der Waals surface area contributed by atoms with Crippen molar-refractivity contribution in [2.45, 2.75) is 38.8 Å². The largest absolute Gasteiger partial charge is 0.481 e. The van der Waals surface area contributed by atoms with Crippen molar-refractivity contribution in [3.05, 3.63) is 0 Å². The number of amides is 2. The molecule has 118 valence electrons. The highest BCUT2D eigenvalue weighted by Crippen LogP contribution is 2.19. The molecule has 0 aromatic rings. The molecule has 0 aromatic carbocycles. The molecular formula is C12H21F3N2O3. The predicted molar refractivity (Wildman–Crippen MR) is 67.4 cm³/mol. The number of hydrogen-bond donors (Lipinski definition) is 2. The van der Waals surface area contributed by atoms with Gasteiger partial charge in [0.05, 0.1) is 6.42 Å². The number of aliphatic carboxylic acids is 1. The van der Waals surface area contributed by atoms with Crippen LogP contribution in [0, 0.1) is 5.92 Å². The van der Waals surface area contributed by atoms with Crippen molar-refractivity contribution in [2.24, 2.45) is 5.92 Å². The Morgan fingerprint density at radius 1 is 1.30 bits per heavy atom. The van der Waals surface area contributed by atoms with Gasteiger partial charge in [-0.2, -0.15) is 13.2 Å². The van der Waals surface area contributed by atoms with Crippen molar-refractivity contribution in [1.82, 2.24) is 10.2 Å². The van der Waals surface area contributed by atoms with Gasteiger partial charge in [-0.05, 0) is 18.8 Å². The summed E-state index contributed by atoms with van der Waals surface area (Å²) in [6.45, 7) is 1.79. The van der Waals surface area contributed by atoms with Gasteiger partial charge in [-0.15, -0.1) is 0 Å². The number of hydrogen-bond acceptors (Lipinski definition) is 2. The highest BCUT2D eigenvalue weighted by molar-refractivity contribution is 5.73. The first kappa shape index (κ1) is 18.5. The van der Waals surface area contributed by atoms with Gasteiger partial charge in [0, 0.05) is 26.6 Å². The number of nitrogens with zero attached hydrogens (tertiary/aromatic N) is 1. The van der Waals surface area contributed by atoms with Gasteiger partial charge in [0.1, 0.15) is 0 Å². The second kappa shape index (κ2) is 8.65. The lowest BCUT2D eigenvalue weighted by atomic mass is 10.0. The summed E-state index contributed by atoms with van der Waals surface area (Å²) in [5, 5.41) is 11.0. The Balaban J connectivity index is 3.79. The molecule has 0 saturated carbocycles. The van der Waals surface area contributed by atoms with Crippen molar-refractivity contribution in [3.8, 4) is 0 Å². The molecule has 1 unspecified atom stereocenters. The number of carbonyl (C=O) groups excluding carboxylic acids is 1. The van der Waals surface area contributed by atoms with E-state index in [1.54, 1.807) is 0 Å². The van der Waals surface area contributed by atoms with E-state index in [1.165, 1.54) is 7.05 Å². The summed E-state index contributed by atoms with van der Waals surface area (Å²) < 4.78 is 35.9. The lowest BCUT2D eigenvalue weighted by molar-refractivity contribution is -0.137. The Hall–Kier alpha value is -1.47. The number of nitrogens with one attached hydrogen (secondary N) is 1. The van der Waals surface area contributed by atoms with Crippen molar-refractivity contribution < 1.29 is 27.9 Å². The van der Waals surface area contributed by atoms with Crippen LogP contribution in [0.3, 0.4) is 0 Å². The zero-order valence-electron chi connectivity index (χ0n) is 11.7. The highest BCUT2D eigenvalue weighted by atomic mass is 19.4. The number of carbonyl (C=O) groups is 2. The van der Waals surface area contributed by atoms with E-state index in [9.17, 15) is 22.8 Å². The van der Waals surface area contributed by atoms with Crippen LogP contribution in [0.5, 0.6) is 0 Å². The lowest BCUT2D eigenvalue weighted by Crippen LogP contribution is -2.39. The first-order valence-electron chi connectivity index (χ1n) is 6.39. The summed E-state index contributed by atoms with van der Waals surface area (Å²) >= 11 is 0. The first-order valence-corrected chi connectivity index (χ1v) is 6.39. The second-order valence-corrected chi connectivity index (χ2v) is 4.84. The van der Waals surface area contributed by atoms with E-state index in [2.05, 4.69) is 5.32 Å². The summed E-state index contributed by atoms with van der Waals surface area (Å²) in [5.74, 6) is -0.736. The molecule has 0 radical (unpaired) electrons. The molecule has 5 nitrogen and oxygen atoms in total. The van der Waals surface area contributed by atoms with Crippen LogP contribution in [0.1, 0.15) is 32.6 Å².